The van der Waals surface area contributed by atoms with Crippen molar-refractivity contribution in [3.8, 4) is 0 Å². The number of amides is 1. The van der Waals surface area contributed by atoms with Crippen LogP contribution in [0.3, 0.4) is 0 Å². The van der Waals surface area contributed by atoms with Gasteiger partial charge in [0, 0.05) is 43.6 Å². The molecule has 1 aromatic rings. The first kappa shape index (κ1) is 22.6. The van der Waals surface area contributed by atoms with Crippen molar-refractivity contribution >= 4 is 60.7 Å². The van der Waals surface area contributed by atoms with Gasteiger partial charge in [-0.2, -0.15) is 4.31 Å². The quantitative estimate of drug-likeness (QED) is 0.421. The van der Waals surface area contributed by atoms with Gasteiger partial charge in [-0.15, -0.1) is 0 Å². The molecule has 1 amide bonds. The molecule has 1 atom stereocenters. The Morgan fingerprint density at radius 2 is 1.79 bits per heavy atom. The third-order valence-electron chi connectivity index (χ3n) is 5.00. The van der Waals surface area contributed by atoms with Crippen molar-refractivity contribution in [2.45, 2.75) is 42.2 Å². The molecule has 3 rings (SSSR count). The molecular formula is C18H24Cl2N2O3S3. The molecule has 0 aliphatic carbocycles. The predicted molar refractivity (Wildman–Crippen MR) is 119 cm³/mol. The summed E-state index contributed by atoms with van der Waals surface area (Å²) in [5.74, 6) is 1.35. The maximum Gasteiger partial charge on any atom is 0.246 e. The molecule has 2 aliphatic rings. The van der Waals surface area contributed by atoms with Crippen molar-refractivity contribution < 1.29 is 13.2 Å². The van der Waals surface area contributed by atoms with Crippen LogP contribution in [-0.4, -0.2) is 60.7 Å². The van der Waals surface area contributed by atoms with E-state index in [1.54, 1.807) is 11.0 Å². The highest BCUT2D eigenvalue weighted by atomic mass is 35.5. The van der Waals surface area contributed by atoms with Crippen molar-refractivity contribution in [1.82, 2.24) is 9.21 Å². The van der Waals surface area contributed by atoms with Gasteiger partial charge >= 0.3 is 0 Å². The zero-order valence-corrected chi connectivity index (χ0v) is 19.4. The summed E-state index contributed by atoms with van der Waals surface area (Å²) in [5, 5.41) is 0.972. The molecule has 0 saturated carbocycles. The number of halogens is 2. The summed E-state index contributed by atoms with van der Waals surface area (Å²) in [6, 6.07) is 4.65. The summed E-state index contributed by atoms with van der Waals surface area (Å²) >= 11 is 12.1. The lowest BCUT2D eigenvalue weighted by Gasteiger charge is -2.34. The molecule has 0 radical (unpaired) electrons. The maximum absolute atomic E-state index is 12.9. The summed E-state index contributed by atoms with van der Waals surface area (Å²) in [4.78, 5) is 14.1. The molecule has 0 aromatic heterocycles. The summed E-state index contributed by atoms with van der Waals surface area (Å²) < 4.78 is 27.1. The number of carbonyl (C=O) groups is 1. The average Bonchev–Trinajstić information content (AvgIpc) is 3.18. The highest BCUT2D eigenvalue weighted by molar-refractivity contribution is 8.77. The van der Waals surface area contributed by atoms with Gasteiger partial charge < -0.3 is 4.90 Å². The first-order chi connectivity index (χ1) is 13.4. The van der Waals surface area contributed by atoms with E-state index >= 15 is 0 Å². The second-order valence-corrected chi connectivity index (χ2v) is 12.4. The van der Waals surface area contributed by atoms with E-state index in [0.717, 1.165) is 18.1 Å². The van der Waals surface area contributed by atoms with Crippen LogP contribution < -0.4 is 0 Å². The van der Waals surface area contributed by atoms with Crippen molar-refractivity contribution in [2.75, 3.05) is 31.9 Å². The SMILES string of the molecule is O=C(CCCCC1CCSS1)N1CCN(S(=O)(=O)c2c(Cl)cccc2Cl)CC1. The van der Waals surface area contributed by atoms with E-state index < -0.39 is 10.0 Å². The van der Waals surface area contributed by atoms with Gasteiger partial charge in [0.1, 0.15) is 4.90 Å². The number of benzene rings is 1. The van der Waals surface area contributed by atoms with E-state index in [1.165, 1.54) is 35.0 Å². The number of nitrogens with zero attached hydrogens (tertiary/aromatic N) is 2. The molecule has 2 fully saturated rings. The first-order valence-corrected chi connectivity index (χ1v) is 14.0. The molecule has 0 bridgehead atoms. The summed E-state index contributed by atoms with van der Waals surface area (Å²) in [5.41, 5.74) is 0. The normalized spacial score (nSPS) is 21.2. The lowest BCUT2D eigenvalue weighted by Crippen LogP contribution is -2.50. The van der Waals surface area contributed by atoms with Crippen LogP contribution in [0, 0.1) is 0 Å². The molecule has 28 heavy (non-hydrogen) atoms. The van der Waals surface area contributed by atoms with Gasteiger partial charge in [-0.1, -0.05) is 57.3 Å². The highest BCUT2D eigenvalue weighted by Crippen LogP contribution is 2.40. The number of piperazine rings is 1. The molecule has 2 saturated heterocycles. The monoisotopic (exact) mass is 482 g/mol. The topological polar surface area (TPSA) is 57.7 Å². The van der Waals surface area contributed by atoms with Crippen LogP contribution in [0.4, 0.5) is 0 Å². The van der Waals surface area contributed by atoms with Crippen LogP contribution in [0.15, 0.2) is 23.1 Å². The average molecular weight is 484 g/mol. The van der Waals surface area contributed by atoms with Gasteiger partial charge in [0.25, 0.3) is 0 Å². The van der Waals surface area contributed by atoms with Gasteiger partial charge in [-0.3, -0.25) is 4.79 Å². The van der Waals surface area contributed by atoms with Crippen molar-refractivity contribution in [3.05, 3.63) is 28.2 Å². The maximum atomic E-state index is 12.9. The molecule has 2 aliphatic heterocycles. The van der Waals surface area contributed by atoms with E-state index in [0.29, 0.717) is 19.5 Å². The molecule has 2 heterocycles. The number of hydrogen-bond donors (Lipinski definition) is 0. The fraction of sp³-hybridized carbons (Fsp3) is 0.611. The molecule has 0 N–H and O–H groups in total. The van der Waals surface area contributed by atoms with Crippen molar-refractivity contribution in [1.29, 1.82) is 0 Å². The van der Waals surface area contributed by atoms with Crippen LogP contribution in [0.1, 0.15) is 32.1 Å². The molecule has 10 heteroatoms. The number of carbonyl (C=O) groups excluding carboxylic acids is 1. The zero-order chi connectivity index (χ0) is 20.1. The number of hydrogen-bond acceptors (Lipinski definition) is 5. The van der Waals surface area contributed by atoms with E-state index in [4.69, 9.17) is 23.2 Å². The van der Waals surface area contributed by atoms with Crippen LogP contribution in [0.2, 0.25) is 10.0 Å². The zero-order valence-electron chi connectivity index (χ0n) is 15.5. The molecular weight excluding hydrogens is 459 g/mol. The van der Waals surface area contributed by atoms with Gasteiger partial charge in [0.15, 0.2) is 0 Å². The lowest BCUT2D eigenvalue weighted by atomic mass is 10.1. The van der Waals surface area contributed by atoms with Crippen molar-refractivity contribution in [2.24, 2.45) is 0 Å². The minimum Gasteiger partial charge on any atom is -0.340 e. The van der Waals surface area contributed by atoms with Gasteiger partial charge in [0.2, 0.25) is 15.9 Å². The molecule has 5 nitrogen and oxygen atoms in total. The molecule has 1 unspecified atom stereocenters. The molecule has 156 valence electrons. The summed E-state index contributed by atoms with van der Waals surface area (Å²) in [7, 11) is 0.139. The van der Waals surface area contributed by atoms with Crippen LogP contribution >= 0.6 is 44.8 Å². The van der Waals surface area contributed by atoms with Crippen LogP contribution in [0.25, 0.3) is 0 Å². The van der Waals surface area contributed by atoms with Crippen LogP contribution in [-0.2, 0) is 14.8 Å². The summed E-state index contributed by atoms with van der Waals surface area (Å²) in [6.45, 7) is 1.31. The smallest absolute Gasteiger partial charge is 0.246 e. The lowest BCUT2D eigenvalue weighted by molar-refractivity contribution is -0.132. The largest absolute Gasteiger partial charge is 0.340 e. The van der Waals surface area contributed by atoms with Crippen molar-refractivity contribution in [3.63, 3.8) is 0 Å². The minimum atomic E-state index is -3.78. The number of sulfonamides is 1. The Hall–Kier alpha value is -0.120. The van der Waals surface area contributed by atoms with Gasteiger partial charge in [-0.25, -0.2) is 8.42 Å². The molecule has 1 aromatic carbocycles. The Labute approximate surface area is 184 Å². The Morgan fingerprint density at radius 3 is 2.39 bits per heavy atom. The Bertz CT molecular complexity index is 773. The number of rotatable bonds is 7. The second-order valence-electron chi connectivity index (χ2n) is 6.91. The first-order valence-electron chi connectivity index (χ1n) is 9.40. The summed E-state index contributed by atoms with van der Waals surface area (Å²) in [6.07, 6.45) is 4.95. The Balaban J connectivity index is 1.47. The van der Waals surface area contributed by atoms with Crippen LogP contribution in [0.5, 0.6) is 0 Å². The van der Waals surface area contributed by atoms with E-state index in [9.17, 15) is 13.2 Å². The Kier molecular flexibility index (Phi) is 8.27. The highest BCUT2D eigenvalue weighted by Gasteiger charge is 2.32. The van der Waals surface area contributed by atoms with Gasteiger partial charge in [0.05, 0.1) is 10.0 Å². The predicted octanol–water partition coefficient (Wildman–Crippen LogP) is 4.54. The molecule has 0 spiro atoms. The second kappa shape index (κ2) is 10.3. The number of unbranched alkanes of at least 4 members (excludes halogenated alkanes) is 1. The standard InChI is InChI=1S/C18H24Cl2N2O3S3/c19-15-5-3-6-16(20)18(15)28(24,25)22-11-9-21(10-12-22)17(23)7-2-1-4-14-8-13-26-27-14/h3,5-6,14H,1-2,4,7-13H2. The third-order valence-corrected chi connectivity index (χ3v) is 10.9. The van der Waals surface area contributed by atoms with E-state index in [2.05, 4.69) is 0 Å². The van der Waals surface area contributed by atoms with E-state index in [1.807, 2.05) is 21.6 Å². The third kappa shape index (κ3) is 5.52. The minimum absolute atomic E-state index is 0.0546. The Morgan fingerprint density at radius 1 is 1.11 bits per heavy atom. The fourth-order valence-electron chi connectivity index (χ4n) is 3.41. The van der Waals surface area contributed by atoms with E-state index in [-0.39, 0.29) is 33.9 Å². The van der Waals surface area contributed by atoms with Gasteiger partial charge in [-0.05, 0) is 31.4 Å². The fourth-order valence-corrected chi connectivity index (χ4v) is 8.95.